The molecular weight excluding hydrogens is 194 g/mol. The van der Waals surface area contributed by atoms with Crippen molar-refractivity contribution in [3.05, 3.63) is 0 Å². The predicted molar refractivity (Wildman–Crippen MR) is 58.5 cm³/mol. The Labute approximate surface area is 90.9 Å². The number of carbonyl (C=O) groups is 1. The van der Waals surface area contributed by atoms with Gasteiger partial charge in [0, 0.05) is 26.2 Å². The van der Waals surface area contributed by atoms with E-state index in [-0.39, 0.29) is 11.9 Å². The maximum atomic E-state index is 11.3. The van der Waals surface area contributed by atoms with Crippen LogP contribution in [0.25, 0.3) is 0 Å². The van der Waals surface area contributed by atoms with Crippen LogP contribution in [0.4, 0.5) is 0 Å². The zero-order valence-corrected chi connectivity index (χ0v) is 9.37. The van der Waals surface area contributed by atoms with Crippen molar-refractivity contribution in [2.45, 2.75) is 19.4 Å². The highest BCUT2D eigenvalue weighted by atomic mass is 16.5. The Morgan fingerprint density at radius 2 is 2.20 bits per heavy atom. The lowest BCUT2D eigenvalue weighted by molar-refractivity contribution is -0.122. The minimum Gasteiger partial charge on any atom is -0.379 e. The summed E-state index contributed by atoms with van der Waals surface area (Å²) in [4.78, 5) is 13.6. The smallest absolute Gasteiger partial charge is 0.236 e. The van der Waals surface area contributed by atoms with Crippen LogP contribution in [0.5, 0.6) is 0 Å². The van der Waals surface area contributed by atoms with Crippen molar-refractivity contribution < 1.29 is 9.53 Å². The Morgan fingerprint density at radius 1 is 1.53 bits per heavy atom. The van der Waals surface area contributed by atoms with E-state index in [2.05, 4.69) is 10.2 Å². The van der Waals surface area contributed by atoms with Crippen molar-refractivity contribution in [2.24, 2.45) is 5.73 Å². The normalized spacial score (nSPS) is 19.9. The molecule has 0 saturated carbocycles. The van der Waals surface area contributed by atoms with Crippen molar-refractivity contribution in [3.8, 4) is 0 Å². The fourth-order valence-corrected chi connectivity index (χ4v) is 1.48. The monoisotopic (exact) mass is 215 g/mol. The highest BCUT2D eigenvalue weighted by Gasteiger charge is 2.12. The zero-order chi connectivity index (χ0) is 11.1. The fraction of sp³-hybridized carbons (Fsp3) is 0.900. The van der Waals surface area contributed by atoms with E-state index >= 15 is 0 Å². The van der Waals surface area contributed by atoms with E-state index in [1.165, 1.54) is 0 Å². The van der Waals surface area contributed by atoms with Crippen LogP contribution in [-0.4, -0.2) is 56.2 Å². The molecule has 1 fully saturated rings. The van der Waals surface area contributed by atoms with Crippen molar-refractivity contribution in [1.29, 1.82) is 0 Å². The van der Waals surface area contributed by atoms with Crippen molar-refractivity contribution in [2.75, 3.05) is 39.4 Å². The molecule has 0 aromatic rings. The summed E-state index contributed by atoms with van der Waals surface area (Å²) in [6, 6.07) is -0.366. The quantitative estimate of drug-likeness (QED) is 0.628. The first-order chi connectivity index (χ1) is 7.24. The molecule has 1 aliphatic heterocycles. The van der Waals surface area contributed by atoms with Gasteiger partial charge in [-0.3, -0.25) is 9.69 Å². The molecule has 0 aliphatic carbocycles. The van der Waals surface area contributed by atoms with Crippen molar-refractivity contribution >= 4 is 5.91 Å². The molecule has 5 heteroatoms. The molecule has 0 bridgehead atoms. The van der Waals surface area contributed by atoms with Gasteiger partial charge in [0.05, 0.1) is 19.3 Å². The third-order valence-corrected chi connectivity index (χ3v) is 2.61. The second-order valence-electron chi connectivity index (χ2n) is 3.76. The highest BCUT2D eigenvalue weighted by Crippen LogP contribution is 1.94. The van der Waals surface area contributed by atoms with E-state index in [1.807, 2.05) is 6.92 Å². The second-order valence-corrected chi connectivity index (χ2v) is 3.76. The standard InChI is InChI=1S/C10H21N3O2/c1-2-9(11)10(14)12-3-4-13-5-7-15-8-6-13/h9H,2-8,11H2,1H3,(H,12,14). The number of nitrogens with zero attached hydrogens (tertiary/aromatic N) is 1. The summed E-state index contributed by atoms with van der Waals surface area (Å²) in [7, 11) is 0. The molecule has 1 rings (SSSR count). The summed E-state index contributed by atoms with van der Waals surface area (Å²) in [6.07, 6.45) is 0.684. The zero-order valence-electron chi connectivity index (χ0n) is 9.37. The lowest BCUT2D eigenvalue weighted by Crippen LogP contribution is -2.45. The number of nitrogens with two attached hydrogens (primary N) is 1. The number of hydrogen-bond donors (Lipinski definition) is 2. The van der Waals surface area contributed by atoms with E-state index in [0.29, 0.717) is 13.0 Å². The van der Waals surface area contributed by atoms with Crippen LogP contribution in [0.2, 0.25) is 0 Å². The Balaban J connectivity index is 2.07. The average molecular weight is 215 g/mol. The van der Waals surface area contributed by atoms with Crippen molar-refractivity contribution in [1.82, 2.24) is 10.2 Å². The summed E-state index contributed by atoms with van der Waals surface area (Å²) >= 11 is 0. The van der Waals surface area contributed by atoms with Gasteiger partial charge in [-0.05, 0) is 6.42 Å². The van der Waals surface area contributed by atoms with Gasteiger partial charge in [-0.25, -0.2) is 0 Å². The average Bonchev–Trinajstić information content (AvgIpc) is 2.29. The number of morpholine rings is 1. The van der Waals surface area contributed by atoms with Crippen LogP contribution in [0.1, 0.15) is 13.3 Å². The molecule has 5 nitrogen and oxygen atoms in total. The summed E-state index contributed by atoms with van der Waals surface area (Å²) in [5, 5.41) is 2.83. The van der Waals surface area contributed by atoms with E-state index in [0.717, 1.165) is 32.8 Å². The maximum absolute atomic E-state index is 11.3. The fourth-order valence-electron chi connectivity index (χ4n) is 1.48. The van der Waals surface area contributed by atoms with Gasteiger partial charge in [-0.15, -0.1) is 0 Å². The number of carbonyl (C=O) groups excluding carboxylic acids is 1. The molecule has 1 aliphatic rings. The highest BCUT2D eigenvalue weighted by molar-refractivity contribution is 5.81. The second kappa shape index (κ2) is 6.76. The predicted octanol–water partition coefficient (Wildman–Crippen LogP) is -0.828. The Hall–Kier alpha value is -0.650. The van der Waals surface area contributed by atoms with E-state index in [1.54, 1.807) is 0 Å². The Bertz CT molecular complexity index is 193. The van der Waals surface area contributed by atoms with Crippen LogP contribution < -0.4 is 11.1 Å². The number of hydrogen-bond acceptors (Lipinski definition) is 4. The van der Waals surface area contributed by atoms with Gasteiger partial charge in [-0.2, -0.15) is 0 Å². The van der Waals surface area contributed by atoms with Gasteiger partial charge in [0.2, 0.25) is 5.91 Å². The molecular formula is C10H21N3O2. The molecule has 1 unspecified atom stereocenters. The molecule has 1 atom stereocenters. The summed E-state index contributed by atoms with van der Waals surface area (Å²) in [6.45, 7) is 6.96. The largest absolute Gasteiger partial charge is 0.379 e. The summed E-state index contributed by atoms with van der Waals surface area (Å²) in [5.74, 6) is -0.0502. The first kappa shape index (κ1) is 12.4. The number of amides is 1. The SMILES string of the molecule is CCC(N)C(=O)NCCN1CCOCC1. The topological polar surface area (TPSA) is 67.6 Å². The van der Waals surface area contributed by atoms with Gasteiger partial charge in [0.1, 0.15) is 0 Å². The van der Waals surface area contributed by atoms with E-state index in [9.17, 15) is 4.79 Å². The lowest BCUT2D eigenvalue weighted by Gasteiger charge is -2.26. The summed E-state index contributed by atoms with van der Waals surface area (Å²) in [5.41, 5.74) is 5.59. The Kier molecular flexibility index (Phi) is 5.60. The minimum atomic E-state index is -0.366. The Morgan fingerprint density at radius 3 is 2.80 bits per heavy atom. The molecule has 0 aromatic heterocycles. The number of ether oxygens (including phenoxy) is 1. The maximum Gasteiger partial charge on any atom is 0.236 e. The third kappa shape index (κ3) is 4.59. The molecule has 0 radical (unpaired) electrons. The van der Waals surface area contributed by atoms with Crippen LogP contribution in [0, 0.1) is 0 Å². The minimum absolute atomic E-state index is 0.0502. The van der Waals surface area contributed by atoms with Gasteiger partial charge < -0.3 is 15.8 Å². The van der Waals surface area contributed by atoms with E-state index < -0.39 is 0 Å². The molecule has 1 amide bonds. The first-order valence-corrected chi connectivity index (χ1v) is 5.57. The van der Waals surface area contributed by atoms with E-state index in [4.69, 9.17) is 10.5 Å². The molecule has 88 valence electrons. The molecule has 0 aromatic carbocycles. The van der Waals surface area contributed by atoms with Crippen LogP contribution in [0.15, 0.2) is 0 Å². The van der Waals surface area contributed by atoms with Crippen molar-refractivity contribution in [3.63, 3.8) is 0 Å². The molecule has 15 heavy (non-hydrogen) atoms. The van der Waals surface area contributed by atoms with Crippen LogP contribution in [0.3, 0.4) is 0 Å². The number of nitrogens with one attached hydrogen (secondary N) is 1. The lowest BCUT2D eigenvalue weighted by atomic mass is 10.2. The van der Waals surface area contributed by atoms with Crippen LogP contribution in [-0.2, 0) is 9.53 Å². The number of rotatable bonds is 5. The molecule has 3 N–H and O–H groups in total. The van der Waals surface area contributed by atoms with Gasteiger partial charge >= 0.3 is 0 Å². The van der Waals surface area contributed by atoms with Crippen LogP contribution >= 0.6 is 0 Å². The van der Waals surface area contributed by atoms with Gasteiger partial charge in [0.25, 0.3) is 0 Å². The molecule has 0 spiro atoms. The summed E-state index contributed by atoms with van der Waals surface area (Å²) < 4.78 is 5.23. The third-order valence-electron chi connectivity index (χ3n) is 2.61. The first-order valence-electron chi connectivity index (χ1n) is 5.57. The molecule has 1 heterocycles. The van der Waals surface area contributed by atoms with Gasteiger partial charge in [-0.1, -0.05) is 6.92 Å². The molecule has 1 saturated heterocycles. The van der Waals surface area contributed by atoms with Gasteiger partial charge in [0.15, 0.2) is 0 Å².